The highest BCUT2D eigenvalue weighted by atomic mass is 16.5. The lowest BCUT2D eigenvalue weighted by molar-refractivity contribution is 0.0142. The highest BCUT2D eigenvalue weighted by Crippen LogP contribution is 2.12. The molecule has 0 N–H and O–H groups in total. The minimum Gasteiger partial charge on any atom is -0.462 e. The van der Waals surface area contributed by atoms with Crippen molar-refractivity contribution in [3.05, 3.63) is 36.4 Å². The van der Waals surface area contributed by atoms with Crippen LogP contribution in [0.2, 0.25) is 0 Å². The third-order valence-electron chi connectivity index (χ3n) is 1.82. The van der Waals surface area contributed by atoms with Crippen LogP contribution >= 0.6 is 0 Å². The van der Waals surface area contributed by atoms with E-state index >= 15 is 0 Å². The van der Waals surface area contributed by atoms with Crippen LogP contribution in [0, 0.1) is 0 Å². The highest BCUT2D eigenvalue weighted by molar-refractivity contribution is 5.19. The molecule has 0 bridgehead atoms. The van der Waals surface area contributed by atoms with E-state index in [0.717, 1.165) is 11.5 Å². The number of pyridine rings is 1. The van der Waals surface area contributed by atoms with Gasteiger partial charge in [-0.25, -0.2) is 0 Å². The van der Waals surface area contributed by atoms with Crippen LogP contribution in [0.1, 0.15) is 27.7 Å². The largest absolute Gasteiger partial charge is 0.462 e. The van der Waals surface area contributed by atoms with Crippen molar-refractivity contribution in [3.8, 4) is 5.75 Å². The summed E-state index contributed by atoms with van der Waals surface area (Å²) in [4.78, 5) is 3.92. The van der Waals surface area contributed by atoms with Crippen molar-refractivity contribution in [2.45, 2.75) is 33.3 Å². The Bertz CT molecular complexity index is 339. The SMILES string of the molecule is C/C(=C/COC(C)(C)C)Oc1ccncc1. The van der Waals surface area contributed by atoms with Crippen molar-refractivity contribution in [2.75, 3.05) is 6.61 Å². The van der Waals surface area contributed by atoms with Crippen molar-refractivity contribution in [2.24, 2.45) is 0 Å². The minimum absolute atomic E-state index is 0.118. The molecule has 3 nitrogen and oxygen atoms in total. The Labute approximate surface area is 97.1 Å². The smallest absolute Gasteiger partial charge is 0.129 e. The summed E-state index contributed by atoms with van der Waals surface area (Å²) < 4.78 is 11.1. The van der Waals surface area contributed by atoms with Crippen LogP contribution in [0.5, 0.6) is 5.75 Å². The van der Waals surface area contributed by atoms with Gasteiger partial charge in [0.2, 0.25) is 0 Å². The number of ether oxygens (including phenoxy) is 2. The molecule has 0 aromatic carbocycles. The van der Waals surface area contributed by atoms with Crippen molar-refractivity contribution >= 4 is 0 Å². The van der Waals surface area contributed by atoms with Crippen LogP contribution in [0.4, 0.5) is 0 Å². The van der Waals surface area contributed by atoms with Crippen molar-refractivity contribution in [3.63, 3.8) is 0 Å². The zero-order chi connectivity index (χ0) is 12.0. The lowest BCUT2D eigenvalue weighted by Gasteiger charge is -2.18. The van der Waals surface area contributed by atoms with Gasteiger partial charge in [-0.3, -0.25) is 4.98 Å². The zero-order valence-electron chi connectivity index (χ0n) is 10.4. The second-order valence-corrected chi connectivity index (χ2v) is 4.52. The fourth-order valence-corrected chi connectivity index (χ4v) is 1.04. The zero-order valence-corrected chi connectivity index (χ0v) is 10.4. The molecule has 1 aromatic rings. The summed E-state index contributed by atoms with van der Waals surface area (Å²) >= 11 is 0. The summed E-state index contributed by atoms with van der Waals surface area (Å²) in [5, 5.41) is 0. The number of rotatable bonds is 4. The first-order chi connectivity index (χ1) is 7.47. The predicted molar refractivity (Wildman–Crippen MR) is 64.3 cm³/mol. The Kier molecular flexibility index (Phi) is 4.50. The molecule has 0 aliphatic carbocycles. The molecule has 1 heterocycles. The first kappa shape index (κ1) is 12.7. The molecule has 0 aliphatic rings. The standard InChI is InChI=1S/C13H19NO2/c1-11(7-10-15-13(2,3)4)16-12-5-8-14-9-6-12/h5-9H,10H2,1-4H3/b11-7-. The molecular formula is C13H19NO2. The predicted octanol–water partition coefficient (Wildman–Crippen LogP) is 3.18. The van der Waals surface area contributed by atoms with Gasteiger partial charge >= 0.3 is 0 Å². The normalized spacial score (nSPS) is 12.6. The van der Waals surface area contributed by atoms with Gasteiger partial charge in [0.1, 0.15) is 5.75 Å². The molecule has 0 spiro atoms. The molecule has 0 saturated heterocycles. The number of hydrogen-bond donors (Lipinski definition) is 0. The third-order valence-corrected chi connectivity index (χ3v) is 1.82. The summed E-state index contributed by atoms with van der Waals surface area (Å²) in [6.45, 7) is 8.55. The Morgan fingerprint density at radius 1 is 1.31 bits per heavy atom. The average Bonchev–Trinajstić information content (AvgIpc) is 2.17. The second-order valence-electron chi connectivity index (χ2n) is 4.52. The first-order valence-electron chi connectivity index (χ1n) is 5.36. The molecule has 0 atom stereocenters. The molecule has 3 heteroatoms. The van der Waals surface area contributed by atoms with Crippen LogP contribution < -0.4 is 4.74 Å². The van der Waals surface area contributed by atoms with E-state index < -0.39 is 0 Å². The lowest BCUT2D eigenvalue weighted by Crippen LogP contribution is -2.19. The summed E-state index contributed by atoms with van der Waals surface area (Å²) in [5.41, 5.74) is -0.118. The monoisotopic (exact) mass is 221 g/mol. The third kappa shape index (κ3) is 5.51. The van der Waals surface area contributed by atoms with Gasteiger partial charge in [-0.2, -0.15) is 0 Å². The maximum absolute atomic E-state index is 5.57. The average molecular weight is 221 g/mol. The van der Waals surface area contributed by atoms with E-state index in [1.54, 1.807) is 12.4 Å². The maximum atomic E-state index is 5.57. The van der Waals surface area contributed by atoms with Crippen molar-refractivity contribution in [1.29, 1.82) is 0 Å². The second kappa shape index (κ2) is 5.66. The molecule has 1 rings (SSSR count). The molecular weight excluding hydrogens is 202 g/mol. The summed E-state index contributed by atoms with van der Waals surface area (Å²) in [6, 6.07) is 3.64. The summed E-state index contributed by atoms with van der Waals surface area (Å²) in [6.07, 6.45) is 5.33. The Morgan fingerprint density at radius 3 is 2.50 bits per heavy atom. The van der Waals surface area contributed by atoms with E-state index in [9.17, 15) is 0 Å². The summed E-state index contributed by atoms with van der Waals surface area (Å²) in [7, 11) is 0. The molecule has 88 valence electrons. The number of aromatic nitrogens is 1. The van der Waals surface area contributed by atoms with Gasteiger partial charge in [-0.05, 0) is 45.9 Å². The maximum Gasteiger partial charge on any atom is 0.129 e. The number of hydrogen-bond acceptors (Lipinski definition) is 3. The van der Waals surface area contributed by atoms with Gasteiger partial charge in [-0.1, -0.05) is 0 Å². The Morgan fingerprint density at radius 2 is 1.94 bits per heavy atom. The van der Waals surface area contributed by atoms with Gasteiger partial charge in [0, 0.05) is 12.4 Å². The van der Waals surface area contributed by atoms with Crippen LogP contribution in [-0.2, 0) is 4.74 Å². The summed E-state index contributed by atoms with van der Waals surface area (Å²) in [5.74, 6) is 1.62. The van der Waals surface area contributed by atoms with E-state index in [4.69, 9.17) is 9.47 Å². The van der Waals surface area contributed by atoms with Crippen molar-refractivity contribution in [1.82, 2.24) is 4.98 Å². The van der Waals surface area contributed by atoms with Crippen LogP contribution in [0.25, 0.3) is 0 Å². The molecule has 0 saturated carbocycles. The van der Waals surface area contributed by atoms with Crippen LogP contribution in [0.3, 0.4) is 0 Å². The van der Waals surface area contributed by atoms with Gasteiger partial charge in [0.25, 0.3) is 0 Å². The van der Waals surface area contributed by atoms with Crippen LogP contribution in [-0.4, -0.2) is 17.2 Å². The Balaban J connectivity index is 2.41. The molecule has 0 unspecified atom stereocenters. The molecule has 0 fully saturated rings. The van der Waals surface area contributed by atoms with E-state index in [1.165, 1.54) is 0 Å². The molecule has 16 heavy (non-hydrogen) atoms. The van der Waals surface area contributed by atoms with E-state index in [-0.39, 0.29) is 5.60 Å². The quantitative estimate of drug-likeness (QED) is 0.732. The van der Waals surface area contributed by atoms with Gasteiger partial charge in [0.05, 0.1) is 18.0 Å². The number of nitrogens with zero attached hydrogens (tertiary/aromatic N) is 1. The Hall–Kier alpha value is -1.35. The highest BCUT2D eigenvalue weighted by Gasteiger charge is 2.08. The lowest BCUT2D eigenvalue weighted by atomic mass is 10.2. The molecule has 0 radical (unpaired) electrons. The number of allylic oxidation sites excluding steroid dienone is 1. The van der Waals surface area contributed by atoms with Gasteiger partial charge in [-0.15, -0.1) is 0 Å². The molecule has 1 aromatic heterocycles. The topological polar surface area (TPSA) is 31.4 Å². The fourth-order valence-electron chi connectivity index (χ4n) is 1.04. The van der Waals surface area contributed by atoms with E-state index in [2.05, 4.69) is 4.98 Å². The minimum atomic E-state index is -0.118. The van der Waals surface area contributed by atoms with Crippen molar-refractivity contribution < 1.29 is 9.47 Å². The van der Waals surface area contributed by atoms with E-state index in [1.807, 2.05) is 45.9 Å². The fraction of sp³-hybridized carbons (Fsp3) is 0.462. The molecule has 0 aliphatic heterocycles. The van der Waals surface area contributed by atoms with Crippen LogP contribution in [0.15, 0.2) is 36.4 Å². The van der Waals surface area contributed by atoms with Gasteiger partial charge in [0.15, 0.2) is 0 Å². The van der Waals surface area contributed by atoms with Gasteiger partial charge < -0.3 is 9.47 Å². The first-order valence-corrected chi connectivity index (χ1v) is 5.36. The molecule has 0 amide bonds. The van der Waals surface area contributed by atoms with E-state index in [0.29, 0.717) is 6.61 Å².